The van der Waals surface area contributed by atoms with Crippen LogP contribution in [-0.2, 0) is 0 Å². The fourth-order valence-electron chi connectivity index (χ4n) is 5.82. The Bertz CT molecular complexity index is 974. The number of hydrogen-bond acceptors (Lipinski definition) is 4. The van der Waals surface area contributed by atoms with Crippen LogP contribution in [0.1, 0.15) is 40.2 Å². The Kier molecular flexibility index (Phi) is 4.52. The molecular formula is C24H25N3O2. The molecule has 2 aromatic rings. The van der Waals surface area contributed by atoms with Crippen LogP contribution in [-0.4, -0.2) is 54.5 Å². The Labute approximate surface area is 171 Å². The van der Waals surface area contributed by atoms with Crippen LogP contribution in [0.2, 0.25) is 0 Å². The summed E-state index contributed by atoms with van der Waals surface area (Å²) >= 11 is 0. The molecule has 5 nitrogen and oxygen atoms in total. The van der Waals surface area contributed by atoms with Crippen LogP contribution in [0.5, 0.6) is 5.75 Å². The number of carbonyl (C=O) groups is 1. The van der Waals surface area contributed by atoms with Crippen molar-refractivity contribution >= 4 is 5.91 Å². The summed E-state index contributed by atoms with van der Waals surface area (Å²) in [6.07, 6.45) is 2.28. The van der Waals surface area contributed by atoms with Crippen LogP contribution >= 0.6 is 0 Å². The third-order valence-electron chi connectivity index (χ3n) is 7.07. The summed E-state index contributed by atoms with van der Waals surface area (Å²) in [7, 11) is 1.71. The zero-order valence-electron chi connectivity index (χ0n) is 16.6. The number of methoxy groups -OCH3 is 1. The van der Waals surface area contributed by atoms with Gasteiger partial charge >= 0.3 is 0 Å². The average Bonchev–Trinajstić information content (AvgIpc) is 3.22. The summed E-state index contributed by atoms with van der Waals surface area (Å²) in [5.74, 6) is 1.63. The number of amides is 1. The molecule has 29 heavy (non-hydrogen) atoms. The van der Waals surface area contributed by atoms with Gasteiger partial charge in [-0.2, -0.15) is 5.26 Å². The summed E-state index contributed by atoms with van der Waals surface area (Å²) in [5.41, 5.74) is 2.16. The zero-order chi connectivity index (χ0) is 20.0. The Balaban J connectivity index is 1.57. The summed E-state index contributed by atoms with van der Waals surface area (Å²) in [6, 6.07) is 18.1. The predicted molar refractivity (Wildman–Crippen MR) is 110 cm³/mol. The Morgan fingerprint density at radius 1 is 1.07 bits per heavy atom. The van der Waals surface area contributed by atoms with Crippen LogP contribution < -0.4 is 4.74 Å². The van der Waals surface area contributed by atoms with Gasteiger partial charge in [0.2, 0.25) is 0 Å². The Morgan fingerprint density at radius 2 is 1.79 bits per heavy atom. The summed E-state index contributed by atoms with van der Waals surface area (Å²) in [6.45, 7) is 2.88. The minimum atomic E-state index is -0.0108. The number of piperidine rings is 3. The molecule has 4 aliphatic rings. The van der Waals surface area contributed by atoms with Gasteiger partial charge in [-0.3, -0.25) is 9.69 Å². The number of ether oxygens (including phenoxy) is 1. The van der Waals surface area contributed by atoms with E-state index in [-0.39, 0.29) is 17.9 Å². The van der Waals surface area contributed by atoms with E-state index in [4.69, 9.17) is 4.74 Å². The number of likely N-dealkylation sites (tertiary alicyclic amines) is 1. The zero-order valence-corrected chi connectivity index (χ0v) is 16.6. The molecule has 6 rings (SSSR count). The molecule has 2 bridgehead atoms. The van der Waals surface area contributed by atoms with Gasteiger partial charge in [-0.1, -0.05) is 30.3 Å². The van der Waals surface area contributed by atoms with Gasteiger partial charge in [0.15, 0.2) is 0 Å². The number of nitriles is 1. The second-order valence-electron chi connectivity index (χ2n) is 8.32. The lowest BCUT2D eigenvalue weighted by Crippen LogP contribution is -2.60. The molecule has 0 radical (unpaired) electrons. The van der Waals surface area contributed by atoms with Gasteiger partial charge in [0, 0.05) is 24.1 Å². The summed E-state index contributed by atoms with van der Waals surface area (Å²) in [4.78, 5) is 18.3. The van der Waals surface area contributed by atoms with Crippen molar-refractivity contribution in [3.63, 3.8) is 0 Å². The van der Waals surface area contributed by atoms with Gasteiger partial charge in [-0.15, -0.1) is 0 Å². The van der Waals surface area contributed by atoms with Crippen molar-refractivity contribution < 1.29 is 9.53 Å². The highest BCUT2D eigenvalue weighted by Gasteiger charge is 2.55. The first-order valence-electron chi connectivity index (χ1n) is 10.4. The molecule has 2 aromatic carbocycles. The SMILES string of the molecule is COc1ccccc1[C@H]1CN(C(=O)c2ccccc2C#N)[C@@H]2C3CCN(CC3)[C@H]12. The van der Waals surface area contributed by atoms with Crippen molar-refractivity contribution in [3.05, 3.63) is 65.2 Å². The van der Waals surface area contributed by atoms with E-state index in [1.807, 2.05) is 24.3 Å². The van der Waals surface area contributed by atoms with Crippen molar-refractivity contribution in [3.8, 4) is 11.8 Å². The number of para-hydroxylation sites is 1. The fourth-order valence-corrected chi connectivity index (χ4v) is 5.82. The van der Waals surface area contributed by atoms with E-state index in [0.717, 1.165) is 31.7 Å². The third kappa shape index (κ3) is 2.82. The molecule has 4 heterocycles. The molecule has 0 aliphatic carbocycles. The lowest BCUT2D eigenvalue weighted by molar-refractivity contribution is -0.00351. The predicted octanol–water partition coefficient (Wildman–Crippen LogP) is 3.27. The van der Waals surface area contributed by atoms with Crippen molar-refractivity contribution in [1.82, 2.24) is 9.80 Å². The van der Waals surface area contributed by atoms with E-state index in [0.29, 0.717) is 29.6 Å². The minimum Gasteiger partial charge on any atom is -0.496 e. The third-order valence-corrected chi connectivity index (χ3v) is 7.07. The number of benzene rings is 2. The number of hydrogen-bond donors (Lipinski definition) is 0. The highest BCUT2D eigenvalue weighted by molar-refractivity contribution is 5.97. The highest BCUT2D eigenvalue weighted by atomic mass is 16.5. The van der Waals surface area contributed by atoms with Crippen LogP contribution in [0, 0.1) is 17.2 Å². The molecule has 4 fully saturated rings. The molecule has 4 aliphatic heterocycles. The molecule has 148 valence electrons. The fraction of sp³-hybridized carbons (Fsp3) is 0.417. The molecule has 1 amide bonds. The smallest absolute Gasteiger partial charge is 0.255 e. The minimum absolute atomic E-state index is 0.0108. The first-order valence-corrected chi connectivity index (χ1v) is 10.4. The Morgan fingerprint density at radius 3 is 2.55 bits per heavy atom. The lowest BCUT2D eigenvalue weighted by atomic mass is 9.75. The molecule has 0 spiro atoms. The van der Waals surface area contributed by atoms with Gasteiger partial charge in [0.1, 0.15) is 5.75 Å². The van der Waals surface area contributed by atoms with Gasteiger partial charge in [0.25, 0.3) is 5.91 Å². The number of nitrogens with zero attached hydrogens (tertiary/aromatic N) is 3. The van der Waals surface area contributed by atoms with E-state index >= 15 is 0 Å². The van der Waals surface area contributed by atoms with E-state index in [2.05, 4.69) is 28.0 Å². The summed E-state index contributed by atoms with van der Waals surface area (Å²) < 4.78 is 5.67. The quantitative estimate of drug-likeness (QED) is 0.811. The maximum Gasteiger partial charge on any atom is 0.255 e. The molecule has 5 heteroatoms. The van der Waals surface area contributed by atoms with Crippen LogP contribution in [0.15, 0.2) is 48.5 Å². The monoisotopic (exact) mass is 387 g/mol. The van der Waals surface area contributed by atoms with Crippen LogP contribution in [0.3, 0.4) is 0 Å². The normalized spacial score (nSPS) is 29.9. The van der Waals surface area contributed by atoms with Gasteiger partial charge in [-0.25, -0.2) is 0 Å². The van der Waals surface area contributed by atoms with E-state index in [9.17, 15) is 10.1 Å². The van der Waals surface area contributed by atoms with Gasteiger partial charge in [0.05, 0.1) is 30.3 Å². The van der Waals surface area contributed by atoms with Crippen molar-refractivity contribution in [1.29, 1.82) is 5.26 Å². The Hall–Kier alpha value is -2.84. The topological polar surface area (TPSA) is 56.6 Å². The molecule has 0 unspecified atom stereocenters. The van der Waals surface area contributed by atoms with E-state index < -0.39 is 0 Å². The van der Waals surface area contributed by atoms with Crippen molar-refractivity contribution in [2.75, 3.05) is 26.7 Å². The molecule has 3 atom stereocenters. The second-order valence-corrected chi connectivity index (χ2v) is 8.32. The summed E-state index contributed by atoms with van der Waals surface area (Å²) in [5, 5.41) is 9.50. The molecule has 0 saturated carbocycles. The second kappa shape index (κ2) is 7.20. The maximum absolute atomic E-state index is 13.6. The lowest BCUT2D eigenvalue weighted by Gasteiger charge is -2.51. The largest absolute Gasteiger partial charge is 0.496 e. The van der Waals surface area contributed by atoms with E-state index in [1.54, 1.807) is 19.2 Å². The highest BCUT2D eigenvalue weighted by Crippen LogP contribution is 2.48. The van der Waals surface area contributed by atoms with Crippen molar-refractivity contribution in [2.24, 2.45) is 5.92 Å². The molecule has 4 saturated heterocycles. The van der Waals surface area contributed by atoms with E-state index in [1.165, 1.54) is 5.56 Å². The van der Waals surface area contributed by atoms with Crippen LogP contribution in [0.25, 0.3) is 0 Å². The number of carbonyl (C=O) groups excluding carboxylic acids is 1. The molecule has 0 aromatic heterocycles. The first kappa shape index (κ1) is 18.2. The number of fused-ring (bicyclic) bond motifs is 2. The standard InChI is InChI=1S/C24H25N3O2/c1-29-21-9-5-4-8-19(21)20-15-27(22-16-10-12-26(13-11-16)23(20)22)24(28)18-7-3-2-6-17(18)14-25/h2-9,16,20,22-23H,10-13,15H2,1H3/t20-,22-,23-/m1/s1. The first-order chi connectivity index (χ1) is 14.2. The van der Waals surface area contributed by atoms with Crippen molar-refractivity contribution in [2.45, 2.75) is 30.8 Å². The molecule has 0 N–H and O–H groups in total. The van der Waals surface area contributed by atoms with Crippen LogP contribution in [0.4, 0.5) is 0 Å². The molecular weight excluding hydrogens is 362 g/mol. The maximum atomic E-state index is 13.6. The average molecular weight is 387 g/mol. The van der Waals surface area contributed by atoms with Gasteiger partial charge < -0.3 is 9.64 Å². The van der Waals surface area contributed by atoms with Gasteiger partial charge in [-0.05, 0) is 50.0 Å². The number of rotatable bonds is 3.